The van der Waals surface area contributed by atoms with Crippen LogP contribution in [0.5, 0.6) is 0 Å². The van der Waals surface area contributed by atoms with Gasteiger partial charge in [-0.1, -0.05) is 29.5 Å². The molecule has 0 aliphatic rings. The second kappa shape index (κ2) is 3.83. The molecule has 4 nitrogen and oxygen atoms in total. The van der Waals surface area contributed by atoms with Crippen molar-refractivity contribution >= 4 is 6.29 Å². The van der Waals surface area contributed by atoms with Gasteiger partial charge in [-0.05, 0) is 5.56 Å². The lowest BCUT2D eigenvalue weighted by Gasteiger charge is -1.97. The second-order valence-electron chi connectivity index (χ2n) is 3.00. The Hall–Kier alpha value is -1.97. The SMILES string of the molecule is O=Cc1ccc(Cc2c[nH]nn2)cc1. The molecule has 4 heteroatoms. The zero-order valence-electron chi connectivity index (χ0n) is 7.47. The Bertz CT molecular complexity index is 405. The lowest BCUT2D eigenvalue weighted by atomic mass is 10.1. The van der Waals surface area contributed by atoms with Gasteiger partial charge in [0.2, 0.25) is 0 Å². The molecular weight excluding hydrogens is 178 g/mol. The normalized spacial score (nSPS) is 10.0. The number of rotatable bonds is 3. The van der Waals surface area contributed by atoms with Crippen molar-refractivity contribution in [1.29, 1.82) is 0 Å². The molecule has 0 saturated carbocycles. The smallest absolute Gasteiger partial charge is 0.150 e. The molecule has 0 radical (unpaired) electrons. The van der Waals surface area contributed by atoms with Crippen LogP contribution in [0.1, 0.15) is 21.6 Å². The van der Waals surface area contributed by atoms with Gasteiger partial charge in [-0.2, -0.15) is 0 Å². The number of aldehydes is 1. The summed E-state index contributed by atoms with van der Waals surface area (Å²) in [5.41, 5.74) is 2.70. The largest absolute Gasteiger partial charge is 0.298 e. The van der Waals surface area contributed by atoms with Crippen LogP contribution in [0.15, 0.2) is 30.5 Å². The molecule has 0 bridgehead atoms. The maximum absolute atomic E-state index is 10.4. The van der Waals surface area contributed by atoms with Crippen LogP contribution in [-0.4, -0.2) is 21.7 Å². The molecular formula is C10H9N3O. The van der Waals surface area contributed by atoms with Gasteiger partial charge in [-0.25, -0.2) is 0 Å². The van der Waals surface area contributed by atoms with Crippen LogP contribution >= 0.6 is 0 Å². The predicted octanol–water partition coefficient (Wildman–Crippen LogP) is 1.21. The third-order valence-corrected chi connectivity index (χ3v) is 1.97. The minimum absolute atomic E-state index is 0.689. The summed E-state index contributed by atoms with van der Waals surface area (Å²) in [6.07, 6.45) is 3.32. The average Bonchev–Trinajstić information content (AvgIpc) is 2.72. The summed E-state index contributed by atoms with van der Waals surface area (Å²) < 4.78 is 0. The molecule has 2 rings (SSSR count). The molecule has 14 heavy (non-hydrogen) atoms. The summed E-state index contributed by atoms with van der Waals surface area (Å²) in [6, 6.07) is 7.42. The summed E-state index contributed by atoms with van der Waals surface area (Å²) in [7, 11) is 0. The van der Waals surface area contributed by atoms with E-state index in [1.54, 1.807) is 18.3 Å². The summed E-state index contributed by atoms with van der Waals surface area (Å²) in [4.78, 5) is 10.4. The Balaban J connectivity index is 2.14. The molecule has 0 aliphatic carbocycles. The Morgan fingerprint density at radius 3 is 2.64 bits per heavy atom. The third kappa shape index (κ3) is 1.85. The Labute approximate surface area is 81.0 Å². The van der Waals surface area contributed by atoms with Gasteiger partial charge in [0, 0.05) is 18.2 Å². The zero-order chi connectivity index (χ0) is 9.80. The fourth-order valence-electron chi connectivity index (χ4n) is 1.23. The molecule has 70 valence electrons. The highest BCUT2D eigenvalue weighted by atomic mass is 16.1. The van der Waals surface area contributed by atoms with Gasteiger partial charge in [0.15, 0.2) is 0 Å². The molecule has 1 aromatic carbocycles. The standard InChI is InChI=1S/C10H9N3O/c14-7-9-3-1-8(2-4-9)5-10-6-11-13-12-10/h1-4,6-7H,5H2,(H,11,12,13). The van der Waals surface area contributed by atoms with Crippen LogP contribution in [0, 0.1) is 0 Å². The third-order valence-electron chi connectivity index (χ3n) is 1.97. The van der Waals surface area contributed by atoms with E-state index in [1.165, 1.54) is 0 Å². The molecule has 1 aromatic heterocycles. The number of aromatic amines is 1. The van der Waals surface area contributed by atoms with Gasteiger partial charge >= 0.3 is 0 Å². The number of carbonyl (C=O) groups is 1. The van der Waals surface area contributed by atoms with Crippen molar-refractivity contribution in [2.45, 2.75) is 6.42 Å². The number of hydrogen-bond donors (Lipinski definition) is 1. The van der Waals surface area contributed by atoms with Gasteiger partial charge in [-0.15, -0.1) is 5.10 Å². The van der Waals surface area contributed by atoms with Gasteiger partial charge in [0.1, 0.15) is 6.29 Å². The van der Waals surface area contributed by atoms with Gasteiger partial charge < -0.3 is 0 Å². The van der Waals surface area contributed by atoms with Crippen molar-refractivity contribution < 1.29 is 4.79 Å². The van der Waals surface area contributed by atoms with Crippen molar-refractivity contribution in [3.63, 3.8) is 0 Å². The van der Waals surface area contributed by atoms with Crippen LogP contribution in [0.4, 0.5) is 0 Å². The van der Waals surface area contributed by atoms with E-state index >= 15 is 0 Å². The summed E-state index contributed by atoms with van der Waals surface area (Å²) in [5.74, 6) is 0. The monoisotopic (exact) mass is 187 g/mol. The van der Waals surface area contributed by atoms with Crippen LogP contribution in [0.3, 0.4) is 0 Å². The van der Waals surface area contributed by atoms with Gasteiger partial charge in [0.25, 0.3) is 0 Å². The molecule has 1 N–H and O–H groups in total. The second-order valence-corrected chi connectivity index (χ2v) is 3.00. The number of aromatic nitrogens is 3. The first-order valence-electron chi connectivity index (χ1n) is 4.28. The van der Waals surface area contributed by atoms with E-state index in [1.807, 2.05) is 12.1 Å². The quantitative estimate of drug-likeness (QED) is 0.734. The number of nitrogens with one attached hydrogen (secondary N) is 1. The lowest BCUT2D eigenvalue weighted by Crippen LogP contribution is -1.89. The van der Waals surface area contributed by atoms with Crippen LogP contribution < -0.4 is 0 Å². The first-order valence-corrected chi connectivity index (χ1v) is 4.28. The van der Waals surface area contributed by atoms with E-state index in [-0.39, 0.29) is 0 Å². The molecule has 0 aliphatic heterocycles. The van der Waals surface area contributed by atoms with E-state index in [0.29, 0.717) is 5.56 Å². The number of carbonyl (C=O) groups excluding carboxylic acids is 1. The number of nitrogens with zero attached hydrogens (tertiary/aromatic N) is 2. The van der Waals surface area contributed by atoms with Crippen LogP contribution in [-0.2, 0) is 6.42 Å². The molecule has 0 amide bonds. The molecule has 0 fully saturated rings. The molecule has 0 saturated heterocycles. The van der Waals surface area contributed by atoms with E-state index in [2.05, 4.69) is 15.4 Å². The van der Waals surface area contributed by atoms with Crippen LogP contribution in [0.2, 0.25) is 0 Å². The zero-order valence-corrected chi connectivity index (χ0v) is 7.47. The number of benzene rings is 1. The summed E-state index contributed by atoms with van der Waals surface area (Å²) in [5, 5.41) is 10.2. The maximum atomic E-state index is 10.4. The summed E-state index contributed by atoms with van der Waals surface area (Å²) >= 11 is 0. The van der Waals surface area contributed by atoms with Gasteiger partial charge in [-0.3, -0.25) is 9.89 Å². The summed E-state index contributed by atoms with van der Waals surface area (Å²) in [6.45, 7) is 0. The molecule has 0 unspecified atom stereocenters. The predicted molar refractivity (Wildman–Crippen MR) is 51.0 cm³/mol. The van der Waals surface area contributed by atoms with Crippen LogP contribution in [0.25, 0.3) is 0 Å². The first kappa shape index (κ1) is 8.62. The highest BCUT2D eigenvalue weighted by molar-refractivity contribution is 5.74. The fraction of sp³-hybridized carbons (Fsp3) is 0.100. The highest BCUT2D eigenvalue weighted by Gasteiger charge is 1.98. The lowest BCUT2D eigenvalue weighted by molar-refractivity contribution is 0.112. The molecule has 0 spiro atoms. The van der Waals surface area contributed by atoms with E-state index in [4.69, 9.17) is 0 Å². The van der Waals surface area contributed by atoms with Gasteiger partial charge in [0.05, 0.1) is 5.69 Å². The Morgan fingerprint density at radius 2 is 2.07 bits per heavy atom. The van der Waals surface area contributed by atoms with Crippen molar-refractivity contribution in [1.82, 2.24) is 15.4 Å². The minimum Gasteiger partial charge on any atom is -0.298 e. The topological polar surface area (TPSA) is 58.6 Å². The molecule has 0 atom stereocenters. The minimum atomic E-state index is 0.689. The fourth-order valence-corrected chi connectivity index (χ4v) is 1.23. The number of H-pyrrole nitrogens is 1. The van der Waals surface area contributed by atoms with E-state index < -0.39 is 0 Å². The Morgan fingerprint density at radius 1 is 1.29 bits per heavy atom. The van der Waals surface area contributed by atoms with E-state index in [0.717, 1.165) is 24.0 Å². The highest BCUT2D eigenvalue weighted by Crippen LogP contribution is 2.06. The van der Waals surface area contributed by atoms with Crippen molar-refractivity contribution in [3.8, 4) is 0 Å². The van der Waals surface area contributed by atoms with E-state index in [9.17, 15) is 4.79 Å². The first-order chi connectivity index (χ1) is 6.88. The van der Waals surface area contributed by atoms with Crippen molar-refractivity contribution in [2.75, 3.05) is 0 Å². The molecule has 2 aromatic rings. The maximum Gasteiger partial charge on any atom is 0.150 e. The van der Waals surface area contributed by atoms with Crippen molar-refractivity contribution in [2.24, 2.45) is 0 Å². The number of hydrogen-bond acceptors (Lipinski definition) is 3. The Kier molecular flexibility index (Phi) is 2.36. The van der Waals surface area contributed by atoms with Crippen molar-refractivity contribution in [3.05, 3.63) is 47.3 Å². The molecule has 1 heterocycles. The average molecular weight is 187 g/mol.